The molecule has 0 radical (unpaired) electrons. The van der Waals surface area contributed by atoms with Gasteiger partial charge < -0.3 is 0 Å². The van der Waals surface area contributed by atoms with Crippen LogP contribution in [0.4, 0.5) is 0 Å². The van der Waals surface area contributed by atoms with Crippen molar-refractivity contribution in [2.45, 2.75) is 19.4 Å². The summed E-state index contributed by atoms with van der Waals surface area (Å²) in [5, 5.41) is 19.1. The molecule has 0 saturated carbocycles. The minimum Gasteiger partial charge on any atom is -0.198 e. The van der Waals surface area contributed by atoms with Gasteiger partial charge in [0.2, 0.25) is 0 Å². The maximum Gasteiger partial charge on any atom is 0.162 e. The average Bonchev–Trinajstić information content (AvgIpc) is 2.41. The standard InChI is InChI=1S/C5H7N5/c6-3-1-2-4-10-8-5-7-9-10/h5H,1-2,4H2. The number of nitrogens with zero attached hydrogens (tertiary/aromatic N) is 5. The second-order valence-electron chi connectivity index (χ2n) is 1.79. The number of aryl methyl sites for hydroxylation is 1. The molecule has 1 aromatic rings. The summed E-state index contributed by atoms with van der Waals surface area (Å²) < 4.78 is 0. The van der Waals surface area contributed by atoms with Gasteiger partial charge in [0.25, 0.3) is 0 Å². The van der Waals surface area contributed by atoms with Crippen molar-refractivity contribution in [2.24, 2.45) is 0 Å². The van der Waals surface area contributed by atoms with E-state index in [1.165, 1.54) is 11.1 Å². The summed E-state index contributed by atoms with van der Waals surface area (Å²) in [7, 11) is 0. The fourth-order valence-electron chi connectivity index (χ4n) is 0.590. The first kappa shape index (κ1) is 6.68. The maximum absolute atomic E-state index is 8.18. The average molecular weight is 137 g/mol. The van der Waals surface area contributed by atoms with Crippen LogP contribution < -0.4 is 0 Å². The predicted octanol–water partition coefficient (Wildman–Crippen LogP) is -0.0231. The van der Waals surface area contributed by atoms with Gasteiger partial charge in [0.05, 0.1) is 12.6 Å². The first-order chi connectivity index (χ1) is 4.93. The van der Waals surface area contributed by atoms with Crippen LogP contribution in [0.3, 0.4) is 0 Å². The van der Waals surface area contributed by atoms with Crippen LogP contribution in [0.25, 0.3) is 0 Å². The Morgan fingerprint density at radius 1 is 1.60 bits per heavy atom. The molecule has 1 heterocycles. The maximum atomic E-state index is 8.18. The van der Waals surface area contributed by atoms with Crippen molar-refractivity contribution in [1.82, 2.24) is 20.2 Å². The van der Waals surface area contributed by atoms with Gasteiger partial charge in [-0.1, -0.05) is 0 Å². The van der Waals surface area contributed by atoms with E-state index in [1.807, 2.05) is 6.07 Å². The molecule has 5 nitrogen and oxygen atoms in total. The van der Waals surface area contributed by atoms with Gasteiger partial charge >= 0.3 is 0 Å². The highest BCUT2D eigenvalue weighted by molar-refractivity contribution is 4.67. The van der Waals surface area contributed by atoms with Gasteiger partial charge in [-0.25, -0.2) is 0 Å². The molecule has 0 saturated heterocycles. The molecule has 0 aromatic carbocycles. The molecule has 0 bridgehead atoms. The van der Waals surface area contributed by atoms with Crippen molar-refractivity contribution < 1.29 is 0 Å². The fourth-order valence-corrected chi connectivity index (χ4v) is 0.590. The van der Waals surface area contributed by atoms with E-state index in [1.54, 1.807) is 0 Å². The number of hydrogen-bond acceptors (Lipinski definition) is 4. The number of aromatic nitrogens is 4. The molecule has 0 spiro atoms. The second kappa shape index (κ2) is 3.56. The zero-order valence-electron chi connectivity index (χ0n) is 5.43. The van der Waals surface area contributed by atoms with Crippen LogP contribution in [0.1, 0.15) is 12.8 Å². The Balaban J connectivity index is 2.23. The first-order valence-electron chi connectivity index (χ1n) is 3.01. The molecule has 0 fully saturated rings. The van der Waals surface area contributed by atoms with E-state index in [0.717, 1.165) is 6.42 Å². The van der Waals surface area contributed by atoms with E-state index in [-0.39, 0.29) is 0 Å². The third-order valence-corrected chi connectivity index (χ3v) is 1.04. The molecule has 0 amide bonds. The number of hydrogen-bond donors (Lipinski definition) is 0. The smallest absolute Gasteiger partial charge is 0.162 e. The zero-order chi connectivity index (χ0) is 7.23. The van der Waals surface area contributed by atoms with Gasteiger partial charge in [-0.3, -0.25) is 0 Å². The van der Waals surface area contributed by atoms with Crippen molar-refractivity contribution in [3.63, 3.8) is 0 Å². The summed E-state index contributed by atoms with van der Waals surface area (Å²) in [6.07, 6.45) is 2.71. The molecule has 0 aliphatic carbocycles. The van der Waals surface area contributed by atoms with Crippen LogP contribution in [0.2, 0.25) is 0 Å². The number of rotatable bonds is 3. The molecule has 0 atom stereocenters. The summed E-state index contributed by atoms with van der Waals surface area (Å²) >= 11 is 0. The molecule has 0 N–H and O–H groups in total. The van der Waals surface area contributed by atoms with Crippen molar-refractivity contribution in [3.05, 3.63) is 6.33 Å². The van der Waals surface area contributed by atoms with Gasteiger partial charge in [0.1, 0.15) is 0 Å². The molecule has 5 heteroatoms. The third-order valence-electron chi connectivity index (χ3n) is 1.04. The van der Waals surface area contributed by atoms with Crippen LogP contribution >= 0.6 is 0 Å². The molecule has 0 aliphatic heterocycles. The lowest BCUT2D eigenvalue weighted by Gasteiger charge is -1.91. The van der Waals surface area contributed by atoms with Gasteiger partial charge in [-0.2, -0.15) is 10.1 Å². The zero-order valence-corrected chi connectivity index (χ0v) is 5.43. The number of nitriles is 1. The lowest BCUT2D eigenvalue weighted by molar-refractivity contribution is 0.504. The Labute approximate surface area is 58.3 Å². The summed E-state index contributed by atoms with van der Waals surface area (Å²) in [5.41, 5.74) is 0. The molecule has 52 valence electrons. The Bertz CT molecular complexity index is 208. The predicted molar refractivity (Wildman–Crippen MR) is 32.7 cm³/mol. The highest BCUT2D eigenvalue weighted by Gasteiger charge is 1.90. The van der Waals surface area contributed by atoms with Crippen LogP contribution in [-0.2, 0) is 6.54 Å². The molecule has 10 heavy (non-hydrogen) atoms. The van der Waals surface area contributed by atoms with Crippen LogP contribution in [0.5, 0.6) is 0 Å². The molecular weight excluding hydrogens is 130 g/mol. The van der Waals surface area contributed by atoms with E-state index in [4.69, 9.17) is 5.26 Å². The van der Waals surface area contributed by atoms with Crippen LogP contribution in [-0.4, -0.2) is 20.2 Å². The van der Waals surface area contributed by atoms with E-state index in [0.29, 0.717) is 13.0 Å². The molecule has 0 aliphatic rings. The first-order valence-corrected chi connectivity index (χ1v) is 3.01. The van der Waals surface area contributed by atoms with Crippen molar-refractivity contribution in [1.29, 1.82) is 5.26 Å². The third kappa shape index (κ3) is 1.82. The Morgan fingerprint density at radius 2 is 2.50 bits per heavy atom. The highest BCUT2D eigenvalue weighted by atomic mass is 15.6. The SMILES string of the molecule is N#CCCCn1ncnn1. The van der Waals surface area contributed by atoms with Crippen LogP contribution in [0.15, 0.2) is 6.33 Å². The molecule has 1 rings (SSSR count). The summed E-state index contributed by atoms with van der Waals surface area (Å²) in [4.78, 5) is 1.47. The minimum absolute atomic E-state index is 0.543. The lowest BCUT2D eigenvalue weighted by Crippen LogP contribution is -2.01. The largest absolute Gasteiger partial charge is 0.198 e. The minimum atomic E-state index is 0.543. The molecule has 1 aromatic heterocycles. The van der Waals surface area contributed by atoms with E-state index in [2.05, 4.69) is 15.4 Å². The molecule has 0 unspecified atom stereocenters. The second-order valence-corrected chi connectivity index (χ2v) is 1.79. The highest BCUT2D eigenvalue weighted by Crippen LogP contribution is 1.87. The van der Waals surface area contributed by atoms with Crippen molar-refractivity contribution in [2.75, 3.05) is 0 Å². The summed E-state index contributed by atoms with van der Waals surface area (Å²) in [6.45, 7) is 0.674. The normalized spacial score (nSPS) is 9.10. The fraction of sp³-hybridized carbons (Fsp3) is 0.600. The quantitative estimate of drug-likeness (QED) is 0.549. The van der Waals surface area contributed by atoms with E-state index in [9.17, 15) is 0 Å². The van der Waals surface area contributed by atoms with Crippen LogP contribution in [0, 0.1) is 11.3 Å². The molecular formula is C5H7N5. The Morgan fingerprint density at radius 3 is 3.10 bits per heavy atom. The van der Waals surface area contributed by atoms with E-state index >= 15 is 0 Å². The van der Waals surface area contributed by atoms with E-state index < -0.39 is 0 Å². The Kier molecular flexibility index (Phi) is 2.38. The van der Waals surface area contributed by atoms with Crippen molar-refractivity contribution in [3.8, 4) is 6.07 Å². The topological polar surface area (TPSA) is 67.4 Å². The van der Waals surface area contributed by atoms with Gasteiger partial charge in [0.15, 0.2) is 6.33 Å². The van der Waals surface area contributed by atoms with Gasteiger partial charge in [-0.15, -0.1) is 10.2 Å². The van der Waals surface area contributed by atoms with Crippen molar-refractivity contribution >= 4 is 0 Å². The number of unbranched alkanes of at least 4 members (excludes halogenated alkanes) is 1. The lowest BCUT2D eigenvalue weighted by atomic mass is 10.3. The monoisotopic (exact) mass is 137 g/mol. The Hall–Kier alpha value is -1.44. The summed E-state index contributed by atoms with van der Waals surface area (Å²) in [5.74, 6) is 0. The van der Waals surface area contributed by atoms with Gasteiger partial charge in [0, 0.05) is 6.42 Å². The number of tetrazole rings is 1. The summed E-state index contributed by atoms with van der Waals surface area (Å²) in [6, 6.07) is 2.04. The van der Waals surface area contributed by atoms with Gasteiger partial charge in [-0.05, 0) is 11.6 Å².